The predicted octanol–water partition coefficient (Wildman–Crippen LogP) is 17.0. The van der Waals surface area contributed by atoms with Gasteiger partial charge < -0.3 is 18.6 Å². The molecule has 15 aromatic rings. The molecule has 0 saturated heterocycles. The molecule has 342 valence electrons. The van der Waals surface area contributed by atoms with E-state index in [-0.39, 0.29) is 6.71 Å². The largest absolute Gasteiger partial charge is 0.454 e. The van der Waals surface area contributed by atoms with E-state index < -0.39 is 0 Å². The second-order valence-electron chi connectivity index (χ2n) is 19.9. The number of aromatic nitrogens is 1. The fraction of sp³-hybridized carbons (Fsp3) is 0. The molecule has 2 aliphatic heterocycles. The van der Waals surface area contributed by atoms with E-state index in [9.17, 15) is 0 Å². The lowest BCUT2D eigenvalue weighted by Crippen LogP contribution is -2.60. The van der Waals surface area contributed by atoms with Gasteiger partial charge in [-0.3, -0.25) is 0 Å². The minimum Gasteiger partial charge on any atom is -0.454 e. The lowest BCUT2D eigenvalue weighted by Gasteiger charge is -2.43. The van der Waals surface area contributed by atoms with Crippen LogP contribution in [0.15, 0.2) is 247 Å². The maximum atomic E-state index is 7.06. The van der Waals surface area contributed by atoms with Crippen molar-refractivity contribution in [2.75, 3.05) is 9.80 Å². The van der Waals surface area contributed by atoms with Gasteiger partial charge in [0.1, 0.15) is 5.58 Å². The smallest absolute Gasteiger partial charge is 0.264 e. The van der Waals surface area contributed by atoms with Gasteiger partial charge in [0, 0.05) is 69.9 Å². The summed E-state index contributed by atoms with van der Waals surface area (Å²) in [5.41, 5.74) is 21.8. The molecule has 6 heteroatoms. The van der Waals surface area contributed by atoms with E-state index in [2.05, 4.69) is 257 Å². The third kappa shape index (κ3) is 5.52. The third-order valence-electron chi connectivity index (χ3n) is 16.0. The molecule has 0 saturated carbocycles. The highest BCUT2D eigenvalue weighted by molar-refractivity contribution is 7.33. The number of fused-ring (bicyclic) bond motifs is 15. The van der Waals surface area contributed by atoms with Crippen LogP contribution in [0.2, 0.25) is 0 Å². The van der Waals surface area contributed by atoms with Crippen molar-refractivity contribution in [3.63, 3.8) is 0 Å². The number of hydrogen-bond donors (Lipinski definition) is 0. The summed E-state index contributed by atoms with van der Waals surface area (Å²) in [5.74, 6) is 0. The van der Waals surface area contributed by atoms with Gasteiger partial charge in [0.15, 0.2) is 5.58 Å². The van der Waals surface area contributed by atoms with Crippen molar-refractivity contribution < 1.29 is 4.42 Å². The van der Waals surface area contributed by atoms with Crippen LogP contribution < -0.4 is 25.5 Å². The molecule has 4 aromatic heterocycles. The molecule has 2 aliphatic rings. The second kappa shape index (κ2) is 15.1. The summed E-state index contributed by atoms with van der Waals surface area (Å²) in [6, 6.07) is 89.8. The van der Waals surface area contributed by atoms with Crippen LogP contribution in [-0.4, -0.2) is 11.1 Å². The molecular weight excluding hydrogens is 918 g/mol. The Morgan fingerprint density at radius 1 is 0.365 bits per heavy atom. The molecule has 0 spiro atoms. The van der Waals surface area contributed by atoms with Crippen LogP contribution in [0.4, 0.5) is 34.1 Å². The fourth-order valence-electron chi connectivity index (χ4n) is 12.9. The molecule has 0 unspecified atom stereocenters. The monoisotopic (exact) mass is 957 g/mol. The minimum absolute atomic E-state index is 0.0956. The van der Waals surface area contributed by atoms with E-state index in [4.69, 9.17) is 4.42 Å². The minimum atomic E-state index is -0.0956. The van der Waals surface area contributed by atoms with Crippen LogP contribution in [0.25, 0.3) is 104 Å². The maximum absolute atomic E-state index is 7.06. The zero-order valence-electron chi connectivity index (χ0n) is 39.8. The first-order chi connectivity index (χ1) is 36.7. The fourth-order valence-corrected chi connectivity index (χ4v) is 14.2. The van der Waals surface area contributed by atoms with Gasteiger partial charge in [0.25, 0.3) is 6.71 Å². The first-order valence-electron chi connectivity index (χ1n) is 25.4. The highest BCUT2D eigenvalue weighted by Crippen LogP contribution is 2.52. The molecule has 74 heavy (non-hydrogen) atoms. The normalized spacial score (nSPS) is 13.1. The number of furan rings is 1. The Morgan fingerprint density at radius 2 is 0.932 bits per heavy atom. The Balaban J connectivity index is 1.05. The zero-order valence-corrected chi connectivity index (χ0v) is 40.6. The van der Waals surface area contributed by atoms with Crippen molar-refractivity contribution in [3.8, 4) is 33.4 Å². The van der Waals surface area contributed by atoms with E-state index >= 15 is 0 Å². The highest BCUT2D eigenvalue weighted by atomic mass is 32.1. The molecule has 4 nitrogen and oxygen atoms in total. The van der Waals surface area contributed by atoms with Crippen LogP contribution in [0.5, 0.6) is 0 Å². The van der Waals surface area contributed by atoms with Gasteiger partial charge in [-0.2, -0.15) is 0 Å². The van der Waals surface area contributed by atoms with Crippen LogP contribution in [0.1, 0.15) is 0 Å². The van der Waals surface area contributed by atoms with Gasteiger partial charge in [-0.25, -0.2) is 0 Å². The van der Waals surface area contributed by atoms with Gasteiger partial charge >= 0.3 is 0 Å². The first-order valence-corrected chi connectivity index (χ1v) is 26.3. The summed E-state index contributed by atoms with van der Waals surface area (Å²) < 4.78 is 12.2. The van der Waals surface area contributed by atoms with E-state index in [0.29, 0.717) is 0 Å². The average molecular weight is 958 g/mol. The quantitative estimate of drug-likeness (QED) is 0.161. The van der Waals surface area contributed by atoms with E-state index in [1.54, 1.807) is 0 Å². The van der Waals surface area contributed by atoms with Gasteiger partial charge in [-0.05, 0) is 105 Å². The summed E-state index contributed by atoms with van der Waals surface area (Å²) in [4.78, 5) is 5.17. The highest BCUT2D eigenvalue weighted by Gasteiger charge is 2.46. The number of nitrogens with zero attached hydrogens (tertiary/aromatic N) is 3. The first kappa shape index (κ1) is 40.3. The molecule has 0 aliphatic carbocycles. The molecule has 11 aromatic carbocycles. The SMILES string of the molecule is c1ccc(-c2cc(-c3ccccc3)cc(N3c4cc(-c5ccccc5)cc5c4B(c4cc6c7cccc8c9ccccc9n(c6cc4N5c4cccc5c4oc4ccccc45)c87)c4sc5ccccc5c43)c2)cc1. The molecule has 0 amide bonds. The van der Waals surface area contributed by atoms with E-state index in [1.807, 2.05) is 11.3 Å². The van der Waals surface area contributed by atoms with Gasteiger partial charge in [-0.15, -0.1) is 11.3 Å². The van der Waals surface area contributed by atoms with Gasteiger partial charge in [-0.1, -0.05) is 182 Å². The Kier molecular flexibility index (Phi) is 8.21. The Hall–Kier alpha value is -9.36. The topological polar surface area (TPSA) is 24.0 Å². The average Bonchev–Trinajstić information content (AvgIpc) is 4.32. The zero-order chi connectivity index (χ0) is 48.2. The van der Waals surface area contributed by atoms with Crippen LogP contribution >= 0.6 is 11.3 Å². The van der Waals surface area contributed by atoms with Crippen LogP contribution in [0, 0.1) is 0 Å². The van der Waals surface area contributed by atoms with E-state index in [1.165, 1.54) is 97.5 Å². The number of anilines is 6. The molecule has 6 heterocycles. The summed E-state index contributed by atoms with van der Waals surface area (Å²) in [7, 11) is 0. The Morgan fingerprint density at radius 3 is 1.66 bits per heavy atom. The number of para-hydroxylation sites is 4. The Labute approximate surface area is 430 Å². The molecule has 0 radical (unpaired) electrons. The lowest BCUT2D eigenvalue weighted by atomic mass is 9.36. The summed E-state index contributed by atoms with van der Waals surface area (Å²) in [5, 5.41) is 8.54. The molecular formula is C68H40BN3OS. The van der Waals surface area contributed by atoms with Crippen molar-refractivity contribution >= 4 is 138 Å². The number of benzene rings is 11. The molecule has 0 N–H and O–H groups in total. The third-order valence-corrected chi connectivity index (χ3v) is 17.3. The summed E-state index contributed by atoms with van der Waals surface area (Å²) in [6.45, 7) is -0.0956. The number of thiophene rings is 1. The van der Waals surface area contributed by atoms with E-state index in [0.717, 1.165) is 55.8 Å². The van der Waals surface area contributed by atoms with Crippen molar-refractivity contribution in [1.82, 2.24) is 4.40 Å². The second-order valence-corrected chi connectivity index (χ2v) is 21.0. The lowest BCUT2D eigenvalue weighted by molar-refractivity contribution is 0.669. The van der Waals surface area contributed by atoms with Crippen molar-refractivity contribution in [2.24, 2.45) is 0 Å². The number of rotatable bonds is 5. The van der Waals surface area contributed by atoms with Crippen molar-refractivity contribution in [3.05, 3.63) is 243 Å². The summed E-state index contributed by atoms with van der Waals surface area (Å²) in [6.07, 6.45) is 0. The maximum Gasteiger partial charge on any atom is 0.264 e. The Bertz CT molecular complexity index is 4750. The molecule has 0 fully saturated rings. The van der Waals surface area contributed by atoms with Gasteiger partial charge in [0.2, 0.25) is 0 Å². The van der Waals surface area contributed by atoms with Crippen LogP contribution in [-0.2, 0) is 0 Å². The van der Waals surface area contributed by atoms with Crippen molar-refractivity contribution in [1.29, 1.82) is 0 Å². The van der Waals surface area contributed by atoms with Crippen molar-refractivity contribution in [2.45, 2.75) is 0 Å². The molecule has 0 atom stereocenters. The standard InChI is InChI=1S/C68H40BN3OS/c1-4-18-41(19-5-1)44-34-45(42-20-6-2-7-21-42)36-47(35-44)70-60-37-46(43-22-8-3-9-23-43)38-61-64(60)69(68-66(70)53-26-12-15-33-63(53)74-68)55-39-54-51-28-16-27-50-48-24-10-13-30-56(48)72(65(50)51)58(54)40-59(55)71(61)57-31-17-29-52-49-25-11-14-32-62(49)73-67(52)57/h1-40H. The molecule has 17 rings (SSSR count). The van der Waals surface area contributed by atoms with Gasteiger partial charge in [0.05, 0.1) is 27.9 Å². The molecule has 0 bridgehead atoms. The number of hydrogen-bond acceptors (Lipinski definition) is 4. The van der Waals surface area contributed by atoms with Crippen LogP contribution in [0.3, 0.4) is 0 Å². The summed E-state index contributed by atoms with van der Waals surface area (Å²) >= 11 is 1.94. The predicted molar refractivity (Wildman–Crippen MR) is 314 cm³/mol.